The van der Waals surface area contributed by atoms with Gasteiger partial charge in [0.1, 0.15) is 5.75 Å². The standard InChI is InChI=1S/C15H17F3N2O3/c1-8-6-11(7-9(2)12(8)23-10(3)21)14(15(16,17)18)13(22)19-4-5-20-14/h6-7,20H,4-5H2,1-3H3,(H,19,22)/p+1/t14-/m0/s1. The van der Waals surface area contributed by atoms with E-state index in [-0.39, 0.29) is 24.4 Å². The van der Waals surface area contributed by atoms with Gasteiger partial charge in [-0.15, -0.1) is 0 Å². The number of benzene rings is 1. The molecule has 1 heterocycles. The summed E-state index contributed by atoms with van der Waals surface area (Å²) in [6.07, 6.45) is -4.76. The Kier molecular flexibility index (Phi) is 4.39. The molecule has 126 valence electrons. The number of amides is 1. The van der Waals surface area contributed by atoms with Crippen molar-refractivity contribution in [1.82, 2.24) is 5.32 Å². The first kappa shape index (κ1) is 17.3. The van der Waals surface area contributed by atoms with Crippen LogP contribution < -0.4 is 15.4 Å². The Morgan fingerprint density at radius 3 is 2.30 bits per heavy atom. The lowest BCUT2D eigenvalue weighted by Gasteiger charge is -2.35. The number of nitrogens with one attached hydrogen (secondary N) is 1. The van der Waals surface area contributed by atoms with E-state index in [2.05, 4.69) is 5.32 Å². The monoisotopic (exact) mass is 331 g/mol. The summed E-state index contributed by atoms with van der Waals surface area (Å²) in [5, 5.41) is 3.29. The van der Waals surface area contributed by atoms with E-state index in [0.717, 1.165) is 5.32 Å². The quantitative estimate of drug-likeness (QED) is 0.618. The molecule has 1 fully saturated rings. The third-order valence-corrected chi connectivity index (χ3v) is 3.85. The molecule has 3 N–H and O–H groups in total. The number of esters is 1. The molecular weight excluding hydrogens is 313 g/mol. The van der Waals surface area contributed by atoms with Crippen LogP contribution >= 0.6 is 0 Å². The summed E-state index contributed by atoms with van der Waals surface area (Å²) in [6.45, 7) is 4.60. The predicted octanol–water partition coefficient (Wildman–Crippen LogP) is 0.680. The smallest absolute Gasteiger partial charge is 0.426 e. The Bertz CT molecular complexity index is 635. The third-order valence-electron chi connectivity index (χ3n) is 3.85. The average Bonchev–Trinajstić information content (AvgIpc) is 2.41. The van der Waals surface area contributed by atoms with E-state index >= 15 is 0 Å². The predicted molar refractivity (Wildman–Crippen MR) is 74.8 cm³/mol. The highest BCUT2D eigenvalue weighted by Crippen LogP contribution is 2.39. The van der Waals surface area contributed by atoms with Crippen molar-refractivity contribution in [1.29, 1.82) is 0 Å². The SMILES string of the molecule is CC(=O)Oc1c(C)cc([C@]2(C(F)(F)F)[NH2+]CCNC2=O)cc1C. The fraction of sp³-hybridized carbons (Fsp3) is 0.467. The van der Waals surface area contributed by atoms with Crippen LogP contribution in [0, 0.1) is 13.8 Å². The minimum atomic E-state index is -4.76. The molecule has 1 amide bonds. The highest BCUT2D eigenvalue weighted by Gasteiger charge is 2.66. The fourth-order valence-corrected chi connectivity index (χ4v) is 2.85. The van der Waals surface area contributed by atoms with Gasteiger partial charge in [-0.05, 0) is 37.1 Å². The second-order valence-corrected chi connectivity index (χ2v) is 5.59. The maximum Gasteiger partial charge on any atom is 0.458 e. The van der Waals surface area contributed by atoms with E-state index in [1.807, 2.05) is 0 Å². The summed E-state index contributed by atoms with van der Waals surface area (Å²) < 4.78 is 46.2. The van der Waals surface area contributed by atoms with Gasteiger partial charge in [-0.1, -0.05) is 0 Å². The van der Waals surface area contributed by atoms with Crippen molar-refractivity contribution in [2.45, 2.75) is 32.5 Å². The highest BCUT2D eigenvalue weighted by molar-refractivity contribution is 5.87. The Morgan fingerprint density at radius 2 is 1.87 bits per heavy atom. The lowest BCUT2D eigenvalue weighted by atomic mass is 9.84. The third kappa shape index (κ3) is 2.90. The Morgan fingerprint density at radius 1 is 1.30 bits per heavy atom. The van der Waals surface area contributed by atoms with E-state index in [1.54, 1.807) is 13.8 Å². The number of carbonyl (C=O) groups is 2. The molecule has 0 bridgehead atoms. The summed E-state index contributed by atoms with van der Waals surface area (Å²) in [5.41, 5.74) is -2.13. The molecule has 0 aromatic heterocycles. The maximum absolute atomic E-state index is 13.7. The van der Waals surface area contributed by atoms with E-state index < -0.39 is 23.6 Å². The molecule has 1 aliphatic heterocycles. The van der Waals surface area contributed by atoms with Gasteiger partial charge in [0, 0.05) is 12.5 Å². The van der Waals surface area contributed by atoms with Gasteiger partial charge in [-0.3, -0.25) is 9.59 Å². The van der Waals surface area contributed by atoms with Gasteiger partial charge in [-0.2, -0.15) is 13.2 Å². The normalized spacial score (nSPS) is 21.7. The zero-order valence-corrected chi connectivity index (χ0v) is 13.0. The lowest BCUT2D eigenvalue weighted by Crippen LogP contribution is -3.04. The minimum Gasteiger partial charge on any atom is -0.426 e. The molecule has 0 saturated carbocycles. The first-order chi connectivity index (χ1) is 10.6. The molecule has 0 unspecified atom stereocenters. The number of aryl methyl sites for hydroxylation is 2. The number of rotatable bonds is 2. The van der Waals surface area contributed by atoms with Crippen LogP contribution in [0.25, 0.3) is 0 Å². The second-order valence-electron chi connectivity index (χ2n) is 5.59. The number of hydrogen-bond donors (Lipinski definition) is 2. The summed E-state index contributed by atoms with van der Waals surface area (Å²) >= 11 is 0. The fourth-order valence-electron chi connectivity index (χ4n) is 2.85. The van der Waals surface area contributed by atoms with Crippen molar-refractivity contribution < 1.29 is 32.8 Å². The molecule has 0 radical (unpaired) electrons. The summed E-state index contributed by atoms with van der Waals surface area (Å²) in [7, 11) is 0. The number of piperazine rings is 1. The number of carbonyl (C=O) groups excluding carboxylic acids is 2. The number of alkyl halides is 3. The van der Waals surface area contributed by atoms with Crippen molar-refractivity contribution in [3.8, 4) is 5.75 Å². The van der Waals surface area contributed by atoms with Crippen molar-refractivity contribution in [3.05, 3.63) is 28.8 Å². The average molecular weight is 331 g/mol. The van der Waals surface area contributed by atoms with Gasteiger partial charge in [0.2, 0.25) is 0 Å². The number of ether oxygens (including phenoxy) is 1. The number of halogens is 3. The van der Waals surface area contributed by atoms with Gasteiger partial charge in [0.05, 0.1) is 13.1 Å². The lowest BCUT2D eigenvalue weighted by molar-refractivity contribution is -0.750. The van der Waals surface area contributed by atoms with Crippen molar-refractivity contribution >= 4 is 11.9 Å². The van der Waals surface area contributed by atoms with Gasteiger partial charge < -0.3 is 15.4 Å². The summed E-state index contributed by atoms with van der Waals surface area (Å²) in [4.78, 5) is 23.2. The highest BCUT2D eigenvalue weighted by atomic mass is 19.4. The van der Waals surface area contributed by atoms with Crippen LogP contribution in [0.1, 0.15) is 23.6 Å². The molecule has 1 aromatic rings. The van der Waals surface area contributed by atoms with Crippen LogP contribution in [-0.2, 0) is 15.1 Å². The zero-order valence-electron chi connectivity index (χ0n) is 13.0. The molecule has 1 aliphatic rings. The molecule has 1 saturated heterocycles. The minimum absolute atomic E-state index is 0.120. The molecule has 2 rings (SSSR count). The van der Waals surface area contributed by atoms with Crippen LogP contribution in [0.3, 0.4) is 0 Å². The molecular formula is C15H18F3N2O3+. The van der Waals surface area contributed by atoms with Gasteiger partial charge in [-0.25, -0.2) is 0 Å². The van der Waals surface area contributed by atoms with Gasteiger partial charge in [0.15, 0.2) is 0 Å². The van der Waals surface area contributed by atoms with Gasteiger partial charge >= 0.3 is 12.1 Å². The van der Waals surface area contributed by atoms with E-state index in [9.17, 15) is 22.8 Å². The van der Waals surface area contributed by atoms with Crippen LogP contribution in [0.4, 0.5) is 13.2 Å². The number of nitrogens with two attached hydrogens (primary N) is 1. The van der Waals surface area contributed by atoms with Crippen molar-refractivity contribution in [2.24, 2.45) is 0 Å². The second kappa shape index (κ2) is 5.84. The van der Waals surface area contributed by atoms with Gasteiger partial charge in [0.25, 0.3) is 11.4 Å². The summed E-state index contributed by atoms with van der Waals surface area (Å²) in [6, 6.07) is 2.50. The van der Waals surface area contributed by atoms with Crippen LogP contribution in [0.2, 0.25) is 0 Å². The first-order valence-corrected chi connectivity index (χ1v) is 7.09. The maximum atomic E-state index is 13.7. The Labute approximate surface area is 131 Å². The van der Waals surface area contributed by atoms with Crippen LogP contribution in [0.5, 0.6) is 5.75 Å². The van der Waals surface area contributed by atoms with E-state index in [1.165, 1.54) is 19.1 Å². The molecule has 0 spiro atoms. The largest absolute Gasteiger partial charge is 0.458 e. The Balaban J connectivity index is 2.62. The van der Waals surface area contributed by atoms with E-state index in [4.69, 9.17) is 4.74 Å². The topological polar surface area (TPSA) is 72.0 Å². The molecule has 0 aliphatic carbocycles. The van der Waals surface area contributed by atoms with Crippen molar-refractivity contribution in [2.75, 3.05) is 13.1 Å². The molecule has 23 heavy (non-hydrogen) atoms. The number of hydrogen-bond acceptors (Lipinski definition) is 3. The molecule has 1 aromatic carbocycles. The molecule has 5 nitrogen and oxygen atoms in total. The zero-order chi connectivity index (χ0) is 17.4. The Hall–Kier alpha value is -2.09. The van der Waals surface area contributed by atoms with E-state index in [0.29, 0.717) is 11.1 Å². The molecule has 8 heteroatoms. The van der Waals surface area contributed by atoms with Crippen molar-refractivity contribution in [3.63, 3.8) is 0 Å². The first-order valence-electron chi connectivity index (χ1n) is 7.09. The van der Waals surface area contributed by atoms with Crippen LogP contribution in [0.15, 0.2) is 12.1 Å². The van der Waals surface area contributed by atoms with Crippen LogP contribution in [-0.4, -0.2) is 31.1 Å². The molecule has 1 atom stereocenters. The summed E-state index contributed by atoms with van der Waals surface area (Å²) in [5.74, 6) is -1.43. The number of quaternary nitrogens is 1.